The van der Waals surface area contributed by atoms with Crippen molar-refractivity contribution in [3.05, 3.63) is 65.0 Å². The molecule has 24 heavy (non-hydrogen) atoms. The lowest BCUT2D eigenvalue weighted by Gasteiger charge is -2.35. The van der Waals surface area contributed by atoms with Gasteiger partial charge in [0.05, 0.1) is 10.6 Å². The fraction of sp³-hybridized carbons (Fsp3) is 0.300. The molecule has 1 unspecified atom stereocenters. The number of pyridine rings is 1. The highest BCUT2D eigenvalue weighted by atomic mass is 35.5. The van der Waals surface area contributed by atoms with Gasteiger partial charge in [0, 0.05) is 30.7 Å². The first kappa shape index (κ1) is 16.5. The molecule has 0 spiro atoms. The molecule has 0 saturated carbocycles. The van der Waals surface area contributed by atoms with Crippen LogP contribution in [0.15, 0.2) is 48.8 Å². The van der Waals surface area contributed by atoms with Crippen LogP contribution in [-0.2, 0) is 0 Å². The number of nitrogens with zero attached hydrogens (tertiary/aromatic N) is 3. The van der Waals surface area contributed by atoms with Gasteiger partial charge in [-0.15, -0.1) is 0 Å². The second-order valence-electron chi connectivity index (χ2n) is 5.97. The van der Waals surface area contributed by atoms with E-state index in [0.29, 0.717) is 16.6 Å². The van der Waals surface area contributed by atoms with Gasteiger partial charge in [-0.1, -0.05) is 23.7 Å². The number of nitriles is 1. The highest BCUT2D eigenvalue weighted by Gasteiger charge is 2.23. The molecule has 4 heteroatoms. The Balaban J connectivity index is 1.83. The number of benzene rings is 1. The molecular formula is C20H20ClN3. The van der Waals surface area contributed by atoms with Gasteiger partial charge >= 0.3 is 0 Å². The third-order valence-corrected chi connectivity index (χ3v) is 4.88. The Morgan fingerprint density at radius 3 is 2.92 bits per heavy atom. The van der Waals surface area contributed by atoms with E-state index in [1.807, 2.05) is 30.6 Å². The van der Waals surface area contributed by atoms with Gasteiger partial charge in [-0.3, -0.25) is 4.98 Å². The molecule has 1 aliphatic rings. The number of halogens is 1. The molecule has 0 amide bonds. The molecule has 0 fully saturated rings. The van der Waals surface area contributed by atoms with Crippen molar-refractivity contribution in [1.29, 1.82) is 5.26 Å². The van der Waals surface area contributed by atoms with E-state index >= 15 is 0 Å². The van der Waals surface area contributed by atoms with Gasteiger partial charge in [0.2, 0.25) is 0 Å². The molecule has 0 aliphatic heterocycles. The largest absolute Gasteiger partial charge is 0.368 e. The zero-order valence-electron chi connectivity index (χ0n) is 13.7. The number of aromatic nitrogens is 1. The van der Waals surface area contributed by atoms with Gasteiger partial charge in [0.1, 0.15) is 6.07 Å². The highest BCUT2D eigenvalue weighted by molar-refractivity contribution is 6.32. The van der Waals surface area contributed by atoms with Crippen LogP contribution >= 0.6 is 11.6 Å². The van der Waals surface area contributed by atoms with Gasteiger partial charge < -0.3 is 4.90 Å². The summed E-state index contributed by atoms with van der Waals surface area (Å²) in [6, 6.07) is 12.4. The SMILES string of the molecule is CCN(c1ccc(C#N)c(Cl)c1)C1CCC=C(c2cccnc2)C1. The Morgan fingerprint density at radius 2 is 2.25 bits per heavy atom. The second-order valence-corrected chi connectivity index (χ2v) is 6.38. The molecule has 122 valence electrons. The van der Waals surface area contributed by atoms with Crippen molar-refractivity contribution in [2.75, 3.05) is 11.4 Å². The van der Waals surface area contributed by atoms with Gasteiger partial charge in [0.25, 0.3) is 0 Å². The summed E-state index contributed by atoms with van der Waals surface area (Å²) in [6.07, 6.45) is 9.25. The van der Waals surface area contributed by atoms with Crippen LogP contribution in [0.1, 0.15) is 37.3 Å². The predicted molar refractivity (Wildman–Crippen MR) is 99.0 cm³/mol. The van der Waals surface area contributed by atoms with E-state index in [-0.39, 0.29) is 0 Å². The van der Waals surface area contributed by atoms with Crippen molar-refractivity contribution in [1.82, 2.24) is 4.98 Å². The zero-order valence-corrected chi connectivity index (χ0v) is 14.5. The van der Waals surface area contributed by atoms with E-state index in [4.69, 9.17) is 16.9 Å². The van der Waals surface area contributed by atoms with E-state index in [9.17, 15) is 0 Å². The van der Waals surface area contributed by atoms with E-state index in [0.717, 1.165) is 31.5 Å². The first-order chi connectivity index (χ1) is 11.7. The number of rotatable bonds is 4. The number of hydrogen-bond donors (Lipinski definition) is 0. The Bertz CT molecular complexity index is 777. The minimum Gasteiger partial charge on any atom is -0.368 e. The first-order valence-electron chi connectivity index (χ1n) is 8.28. The quantitative estimate of drug-likeness (QED) is 0.782. The Kier molecular flexibility index (Phi) is 5.17. The Morgan fingerprint density at radius 1 is 1.38 bits per heavy atom. The van der Waals surface area contributed by atoms with Gasteiger partial charge in [-0.2, -0.15) is 5.26 Å². The maximum absolute atomic E-state index is 9.05. The summed E-state index contributed by atoms with van der Waals surface area (Å²) in [7, 11) is 0. The van der Waals surface area contributed by atoms with Crippen LogP contribution in [0.4, 0.5) is 5.69 Å². The van der Waals surface area contributed by atoms with Crippen LogP contribution in [0.25, 0.3) is 5.57 Å². The molecule has 0 saturated heterocycles. The van der Waals surface area contributed by atoms with Crippen molar-refractivity contribution < 1.29 is 0 Å². The topological polar surface area (TPSA) is 39.9 Å². The summed E-state index contributed by atoms with van der Waals surface area (Å²) in [6.45, 7) is 3.07. The van der Waals surface area contributed by atoms with E-state index in [1.165, 1.54) is 11.1 Å². The molecule has 1 aliphatic carbocycles. The van der Waals surface area contributed by atoms with Crippen molar-refractivity contribution in [3.8, 4) is 6.07 Å². The van der Waals surface area contributed by atoms with Crippen LogP contribution < -0.4 is 4.90 Å². The maximum Gasteiger partial charge on any atom is 0.101 e. The molecule has 1 heterocycles. The van der Waals surface area contributed by atoms with E-state index in [2.05, 4.69) is 35.0 Å². The minimum atomic E-state index is 0.430. The maximum atomic E-state index is 9.05. The molecule has 3 rings (SSSR count). The average molecular weight is 338 g/mol. The molecule has 1 aromatic carbocycles. The average Bonchev–Trinajstić information content (AvgIpc) is 2.63. The molecule has 2 aromatic rings. The van der Waals surface area contributed by atoms with Crippen LogP contribution in [0, 0.1) is 11.3 Å². The van der Waals surface area contributed by atoms with Crippen molar-refractivity contribution >= 4 is 22.9 Å². The standard InChI is InChI=1S/C20H20ClN3/c1-2-24(19-9-8-16(13-22)20(21)12-19)18-7-3-5-15(11-18)17-6-4-10-23-14-17/h4-6,8-10,12,14,18H,2-3,7,11H2,1H3. The fourth-order valence-corrected chi connectivity index (χ4v) is 3.59. The lowest BCUT2D eigenvalue weighted by atomic mass is 9.89. The molecule has 0 bridgehead atoms. The Hall–Kier alpha value is -2.31. The zero-order chi connectivity index (χ0) is 16.9. The van der Waals surface area contributed by atoms with Crippen LogP contribution in [-0.4, -0.2) is 17.6 Å². The lowest BCUT2D eigenvalue weighted by Crippen LogP contribution is -2.36. The van der Waals surface area contributed by atoms with Crippen LogP contribution in [0.5, 0.6) is 0 Å². The van der Waals surface area contributed by atoms with Crippen molar-refractivity contribution in [2.24, 2.45) is 0 Å². The first-order valence-corrected chi connectivity index (χ1v) is 8.66. The molecular weight excluding hydrogens is 318 g/mol. The smallest absolute Gasteiger partial charge is 0.101 e. The van der Waals surface area contributed by atoms with Gasteiger partial charge in [0.15, 0.2) is 0 Å². The predicted octanol–water partition coefficient (Wildman–Crippen LogP) is 5.07. The Labute approximate surface area is 148 Å². The summed E-state index contributed by atoms with van der Waals surface area (Å²) in [5.41, 5.74) is 4.17. The lowest BCUT2D eigenvalue weighted by molar-refractivity contribution is 0.559. The van der Waals surface area contributed by atoms with Gasteiger partial charge in [-0.05, 0) is 61.6 Å². The monoisotopic (exact) mass is 337 g/mol. The molecule has 0 radical (unpaired) electrons. The van der Waals surface area contributed by atoms with Crippen LogP contribution in [0.2, 0.25) is 5.02 Å². The van der Waals surface area contributed by atoms with Crippen molar-refractivity contribution in [2.45, 2.75) is 32.2 Å². The second kappa shape index (κ2) is 7.51. The minimum absolute atomic E-state index is 0.430. The third-order valence-electron chi connectivity index (χ3n) is 4.56. The summed E-state index contributed by atoms with van der Waals surface area (Å²) in [5.74, 6) is 0. The molecule has 1 atom stereocenters. The summed E-state index contributed by atoms with van der Waals surface area (Å²) >= 11 is 6.23. The number of hydrogen-bond acceptors (Lipinski definition) is 3. The molecule has 0 N–H and O–H groups in total. The third kappa shape index (κ3) is 3.44. The van der Waals surface area contributed by atoms with Crippen LogP contribution in [0.3, 0.4) is 0 Å². The normalized spacial score (nSPS) is 17.0. The fourth-order valence-electron chi connectivity index (χ4n) is 3.37. The van der Waals surface area contributed by atoms with Gasteiger partial charge in [-0.25, -0.2) is 0 Å². The van der Waals surface area contributed by atoms with E-state index in [1.54, 1.807) is 6.07 Å². The molecule has 1 aromatic heterocycles. The van der Waals surface area contributed by atoms with E-state index < -0.39 is 0 Å². The summed E-state index contributed by atoms with van der Waals surface area (Å²) in [5, 5.41) is 9.57. The highest BCUT2D eigenvalue weighted by Crippen LogP contribution is 2.33. The number of anilines is 1. The molecule has 3 nitrogen and oxygen atoms in total. The summed E-state index contributed by atoms with van der Waals surface area (Å²) in [4.78, 5) is 6.62. The summed E-state index contributed by atoms with van der Waals surface area (Å²) < 4.78 is 0. The number of allylic oxidation sites excluding steroid dienone is 1. The van der Waals surface area contributed by atoms with Crippen molar-refractivity contribution in [3.63, 3.8) is 0 Å².